The number of hydrogen-bond donors (Lipinski definition) is 0. The van der Waals surface area contributed by atoms with E-state index in [9.17, 15) is 9.59 Å². The fourth-order valence-corrected chi connectivity index (χ4v) is 4.54. The minimum atomic E-state index is -0.573. The van der Waals surface area contributed by atoms with Gasteiger partial charge in [-0.25, -0.2) is 9.78 Å². The minimum absolute atomic E-state index is 0.160. The van der Waals surface area contributed by atoms with Crippen LogP contribution in [0.1, 0.15) is 12.5 Å². The summed E-state index contributed by atoms with van der Waals surface area (Å²) in [6.07, 6.45) is 1.45. The van der Waals surface area contributed by atoms with E-state index >= 15 is 0 Å². The van der Waals surface area contributed by atoms with E-state index in [0.29, 0.717) is 38.9 Å². The van der Waals surface area contributed by atoms with Crippen molar-refractivity contribution in [1.29, 1.82) is 0 Å². The Bertz CT molecular complexity index is 1760. The average molecular weight is 611 g/mol. The molecule has 5 rings (SSSR count). The zero-order valence-electron chi connectivity index (χ0n) is 20.8. The monoisotopic (exact) mass is 609 g/mol. The van der Waals surface area contributed by atoms with Crippen LogP contribution in [-0.4, -0.2) is 42.2 Å². The molecule has 0 fully saturated rings. The number of carbonyl (C=O) groups is 1. The lowest BCUT2D eigenvalue weighted by atomic mass is 10.2. The molecule has 0 aliphatic rings. The summed E-state index contributed by atoms with van der Waals surface area (Å²) in [4.78, 5) is 29.8. The number of nitrogens with zero attached hydrogens (tertiary/aromatic N) is 3. The Balaban J connectivity index is 1.64. The Kier molecular flexibility index (Phi) is 7.67. The summed E-state index contributed by atoms with van der Waals surface area (Å²) >= 11 is 10.0. The topological polar surface area (TPSA) is 105 Å². The lowest BCUT2D eigenvalue weighted by Crippen LogP contribution is -2.20. The Morgan fingerprint density at radius 2 is 1.92 bits per heavy atom. The second-order valence-corrected chi connectivity index (χ2v) is 9.35. The predicted molar refractivity (Wildman–Crippen MR) is 152 cm³/mol. The number of aromatic nitrogens is 2. The van der Waals surface area contributed by atoms with Crippen molar-refractivity contribution >= 4 is 61.6 Å². The third-order valence-electron chi connectivity index (χ3n) is 5.73. The van der Waals surface area contributed by atoms with Gasteiger partial charge in [0.15, 0.2) is 23.9 Å². The highest BCUT2D eigenvalue weighted by Gasteiger charge is 2.20. The number of ether oxygens (including phenoxy) is 3. The summed E-state index contributed by atoms with van der Waals surface area (Å²) in [7, 11) is 1.26. The summed E-state index contributed by atoms with van der Waals surface area (Å²) in [6, 6.07) is 18.0. The van der Waals surface area contributed by atoms with Crippen LogP contribution >= 0.6 is 27.5 Å². The number of para-hydroxylation sites is 2. The molecule has 2 heterocycles. The van der Waals surface area contributed by atoms with Crippen LogP contribution in [0, 0.1) is 0 Å². The largest absolute Gasteiger partial charge is 0.490 e. The number of benzene rings is 3. The summed E-state index contributed by atoms with van der Waals surface area (Å²) in [5, 5.41) is 5.91. The summed E-state index contributed by atoms with van der Waals surface area (Å²) in [6.45, 7) is 1.76. The van der Waals surface area contributed by atoms with E-state index in [4.69, 9.17) is 30.5 Å². The number of fused-ring (bicyclic) bond motifs is 2. The Morgan fingerprint density at radius 1 is 1.15 bits per heavy atom. The molecule has 0 radical (unpaired) electrons. The maximum Gasteiger partial charge on any atom is 0.343 e. The molecule has 0 atom stereocenters. The van der Waals surface area contributed by atoms with Gasteiger partial charge in [0.1, 0.15) is 10.6 Å². The molecule has 39 heavy (non-hydrogen) atoms. The van der Waals surface area contributed by atoms with Gasteiger partial charge in [-0.3, -0.25) is 4.79 Å². The van der Waals surface area contributed by atoms with E-state index < -0.39 is 5.97 Å². The van der Waals surface area contributed by atoms with Crippen LogP contribution in [0.2, 0.25) is 5.02 Å². The van der Waals surface area contributed by atoms with Gasteiger partial charge in [-0.1, -0.05) is 41.9 Å². The van der Waals surface area contributed by atoms with E-state index in [1.807, 2.05) is 36.4 Å². The highest BCUT2D eigenvalue weighted by atomic mass is 79.9. The van der Waals surface area contributed by atoms with E-state index in [-0.39, 0.29) is 34.5 Å². The van der Waals surface area contributed by atoms with Crippen molar-refractivity contribution in [3.63, 3.8) is 0 Å². The molecule has 11 heteroatoms. The lowest BCUT2D eigenvalue weighted by molar-refractivity contribution is -0.142. The first-order valence-corrected chi connectivity index (χ1v) is 13.0. The van der Waals surface area contributed by atoms with Gasteiger partial charge in [0.2, 0.25) is 5.82 Å². The first kappa shape index (κ1) is 26.5. The van der Waals surface area contributed by atoms with Crippen LogP contribution < -0.4 is 15.0 Å². The number of carbonyl (C=O) groups excluding carboxylic acids is 1. The molecule has 0 amide bonds. The molecule has 2 aromatic heterocycles. The van der Waals surface area contributed by atoms with E-state index in [1.165, 1.54) is 18.0 Å². The third-order valence-corrected chi connectivity index (χ3v) is 7.17. The molecule has 0 N–H and O–H groups in total. The number of halogens is 2. The standard InChI is InChI=1S/C28H21BrClN3O6/c1-3-37-21-13-17(24(29)25(30)26(21)38-15-23(34)36-2)14-31-33-27(22-12-16-8-4-7-11-20(16)39-22)32-19-10-6-5-9-18(19)28(33)35/h4-14H,3,15H2,1-2H3. The van der Waals surface area contributed by atoms with Crippen LogP contribution in [-0.2, 0) is 9.53 Å². The van der Waals surface area contributed by atoms with Crippen LogP contribution in [0.25, 0.3) is 33.5 Å². The average Bonchev–Trinajstić information content (AvgIpc) is 3.39. The molecule has 0 aliphatic carbocycles. The van der Waals surface area contributed by atoms with Gasteiger partial charge < -0.3 is 18.6 Å². The van der Waals surface area contributed by atoms with Crippen molar-refractivity contribution in [2.24, 2.45) is 5.10 Å². The quantitative estimate of drug-likeness (QED) is 0.155. The summed E-state index contributed by atoms with van der Waals surface area (Å²) in [5.74, 6) is 0.501. The van der Waals surface area contributed by atoms with Crippen LogP contribution in [0.5, 0.6) is 11.5 Å². The predicted octanol–water partition coefficient (Wildman–Crippen LogP) is 6.06. The molecule has 198 valence electrons. The highest BCUT2D eigenvalue weighted by molar-refractivity contribution is 9.10. The molecule has 3 aromatic carbocycles. The van der Waals surface area contributed by atoms with Crippen molar-refractivity contribution in [1.82, 2.24) is 9.66 Å². The van der Waals surface area contributed by atoms with E-state index in [1.54, 1.807) is 31.2 Å². The smallest absolute Gasteiger partial charge is 0.343 e. The third kappa shape index (κ3) is 5.25. The van der Waals surface area contributed by atoms with Gasteiger partial charge in [-0.05, 0) is 53.2 Å². The van der Waals surface area contributed by atoms with Crippen LogP contribution in [0.3, 0.4) is 0 Å². The first-order chi connectivity index (χ1) is 18.9. The zero-order chi connectivity index (χ0) is 27.5. The van der Waals surface area contributed by atoms with Crippen molar-refractivity contribution in [3.05, 3.63) is 86.1 Å². The summed E-state index contributed by atoms with van der Waals surface area (Å²) < 4.78 is 23.5. The normalized spacial score (nSPS) is 11.4. The van der Waals surface area contributed by atoms with Crippen molar-refractivity contribution in [2.75, 3.05) is 20.3 Å². The van der Waals surface area contributed by atoms with E-state index in [2.05, 4.69) is 25.8 Å². The number of hydrogen-bond acceptors (Lipinski definition) is 8. The van der Waals surface area contributed by atoms with Crippen molar-refractivity contribution in [3.8, 4) is 23.1 Å². The first-order valence-electron chi connectivity index (χ1n) is 11.8. The molecule has 0 unspecified atom stereocenters. The Hall–Kier alpha value is -4.15. The van der Waals surface area contributed by atoms with Gasteiger partial charge in [0.05, 0.1) is 30.8 Å². The van der Waals surface area contributed by atoms with Crippen LogP contribution in [0.4, 0.5) is 0 Å². The number of methoxy groups -OCH3 is 1. The zero-order valence-corrected chi connectivity index (χ0v) is 23.2. The van der Waals surface area contributed by atoms with Crippen molar-refractivity contribution in [2.45, 2.75) is 6.92 Å². The molecule has 9 nitrogen and oxygen atoms in total. The molecule has 0 bridgehead atoms. The minimum Gasteiger partial charge on any atom is -0.490 e. The molecule has 0 saturated carbocycles. The van der Waals surface area contributed by atoms with Gasteiger partial charge >= 0.3 is 5.97 Å². The van der Waals surface area contributed by atoms with Gasteiger partial charge in [0, 0.05) is 15.4 Å². The molecular formula is C28H21BrClN3O6. The molecule has 0 aliphatic heterocycles. The molecule has 0 spiro atoms. The maximum absolute atomic E-state index is 13.6. The maximum atomic E-state index is 13.6. The SMILES string of the molecule is CCOc1cc(C=Nn2c(-c3cc4ccccc4o3)nc3ccccc3c2=O)c(Br)c(Cl)c1OCC(=O)OC. The van der Waals surface area contributed by atoms with Crippen LogP contribution in [0.15, 0.2) is 79.4 Å². The molecular weight excluding hydrogens is 590 g/mol. The Morgan fingerprint density at radius 3 is 2.69 bits per heavy atom. The van der Waals surface area contributed by atoms with Gasteiger partial charge in [-0.2, -0.15) is 9.78 Å². The number of rotatable bonds is 8. The fraction of sp³-hybridized carbons (Fsp3) is 0.143. The molecule has 5 aromatic rings. The summed E-state index contributed by atoms with van der Waals surface area (Å²) in [5.41, 5.74) is 1.28. The second kappa shape index (κ2) is 11.3. The second-order valence-electron chi connectivity index (χ2n) is 8.18. The Labute approximate surface area is 235 Å². The molecule has 0 saturated heterocycles. The van der Waals surface area contributed by atoms with E-state index in [0.717, 1.165) is 5.39 Å². The highest BCUT2D eigenvalue weighted by Crippen LogP contribution is 2.42. The number of esters is 1. The lowest BCUT2D eigenvalue weighted by Gasteiger charge is -2.15. The fourth-order valence-electron chi connectivity index (χ4n) is 3.89. The van der Waals surface area contributed by atoms with Gasteiger partial charge in [-0.15, -0.1) is 0 Å². The van der Waals surface area contributed by atoms with Crippen molar-refractivity contribution < 1.29 is 23.4 Å². The van der Waals surface area contributed by atoms with Gasteiger partial charge in [0.25, 0.3) is 5.56 Å². The number of furan rings is 1.